The third kappa shape index (κ3) is 3.04. The molecule has 1 fully saturated rings. The normalized spacial score (nSPS) is 19.7. The van der Waals surface area contributed by atoms with Crippen LogP contribution in [0.1, 0.15) is 10.4 Å². The molecule has 96 valence electrons. The summed E-state index contributed by atoms with van der Waals surface area (Å²) in [6.45, 7) is 0.959. The molecule has 1 aliphatic heterocycles. The monoisotopic (exact) mass is 249 g/mol. The van der Waals surface area contributed by atoms with Crippen LogP contribution in [0.3, 0.4) is 0 Å². The molecular weight excluding hydrogens is 234 g/mol. The van der Waals surface area contributed by atoms with Crippen LogP contribution in [0.15, 0.2) is 24.5 Å². The summed E-state index contributed by atoms with van der Waals surface area (Å²) < 4.78 is 5.33. The van der Waals surface area contributed by atoms with Gasteiger partial charge in [0.05, 0.1) is 6.10 Å². The predicted molar refractivity (Wildman–Crippen MR) is 63.9 cm³/mol. The fraction of sp³-hybridized carbons (Fsp3) is 0.417. The van der Waals surface area contributed by atoms with E-state index in [4.69, 9.17) is 4.74 Å². The van der Waals surface area contributed by atoms with Crippen molar-refractivity contribution < 1.29 is 14.3 Å². The molecule has 0 aromatic carbocycles. The second kappa shape index (κ2) is 5.59. The number of rotatable bonds is 3. The van der Waals surface area contributed by atoms with E-state index in [2.05, 4.69) is 10.3 Å². The highest BCUT2D eigenvalue weighted by atomic mass is 16.5. The van der Waals surface area contributed by atoms with Gasteiger partial charge < -0.3 is 15.0 Å². The summed E-state index contributed by atoms with van der Waals surface area (Å²) in [6, 6.07) is 3.29. The molecule has 0 bridgehead atoms. The molecular formula is C12H15N3O3. The first-order valence-electron chi connectivity index (χ1n) is 5.70. The van der Waals surface area contributed by atoms with Crippen LogP contribution in [-0.4, -0.2) is 54.5 Å². The molecule has 1 aliphatic rings. The highest BCUT2D eigenvalue weighted by Crippen LogP contribution is 2.04. The quantitative estimate of drug-likeness (QED) is 0.796. The van der Waals surface area contributed by atoms with E-state index in [9.17, 15) is 9.59 Å². The SMILES string of the molecule is CN1CC(CNC(=O)c2ccncc2)OCC1=O. The summed E-state index contributed by atoms with van der Waals surface area (Å²) in [6.07, 6.45) is 2.98. The molecule has 1 saturated heterocycles. The lowest BCUT2D eigenvalue weighted by molar-refractivity contribution is -0.146. The smallest absolute Gasteiger partial charge is 0.251 e. The maximum atomic E-state index is 11.8. The summed E-state index contributed by atoms with van der Waals surface area (Å²) in [5, 5.41) is 2.77. The van der Waals surface area contributed by atoms with E-state index in [1.165, 1.54) is 0 Å². The minimum atomic E-state index is -0.166. The van der Waals surface area contributed by atoms with Crippen molar-refractivity contribution in [1.82, 2.24) is 15.2 Å². The Hall–Kier alpha value is -1.95. The van der Waals surface area contributed by atoms with Crippen LogP contribution in [0.2, 0.25) is 0 Å². The highest BCUT2D eigenvalue weighted by molar-refractivity contribution is 5.93. The van der Waals surface area contributed by atoms with Crippen LogP contribution in [-0.2, 0) is 9.53 Å². The summed E-state index contributed by atoms with van der Waals surface area (Å²) in [5.41, 5.74) is 0.560. The molecule has 0 radical (unpaired) electrons. The Bertz CT molecular complexity index is 435. The second-order valence-electron chi connectivity index (χ2n) is 4.15. The van der Waals surface area contributed by atoms with E-state index >= 15 is 0 Å². The van der Waals surface area contributed by atoms with E-state index in [0.29, 0.717) is 18.7 Å². The molecule has 2 amide bonds. The minimum absolute atomic E-state index is 0.0355. The Morgan fingerprint density at radius 3 is 2.94 bits per heavy atom. The number of likely N-dealkylation sites (N-methyl/N-ethyl adjacent to an activating group) is 1. The van der Waals surface area contributed by atoms with Gasteiger partial charge >= 0.3 is 0 Å². The molecule has 1 aromatic rings. The Labute approximate surface area is 105 Å². The van der Waals surface area contributed by atoms with Gasteiger partial charge in [-0.25, -0.2) is 0 Å². The lowest BCUT2D eigenvalue weighted by atomic mass is 10.2. The number of nitrogens with zero attached hydrogens (tertiary/aromatic N) is 2. The van der Waals surface area contributed by atoms with Gasteiger partial charge in [0.2, 0.25) is 5.91 Å². The first-order valence-corrected chi connectivity index (χ1v) is 5.70. The van der Waals surface area contributed by atoms with Crippen LogP contribution < -0.4 is 5.32 Å². The van der Waals surface area contributed by atoms with Gasteiger partial charge in [-0.05, 0) is 12.1 Å². The van der Waals surface area contributed by atoms with Crippen LogP contribution in [0.4, 0.5) is 0 Å². The molecule has 1 unspecified atom stereocenters. The molecule has 2 rings (SSSR count). The van der Waals surface area contributed by atoms with E-state index in [-0.39, 0.29) is 24.5 Å². The topological polar surface area (TPSA) is 71.5 Å². The van der Waals surface area contributed by atoms with Crippen molar-refractivity contribution in [3.05, 3.63) is 30.1 Å². The second-order valence-corrected chi connectivity index (χ2v) is 4.15. The van der Waals surface area contributed by atoms with Crippen molar-refractivity contribution in [3.63, 3.8) is 0 Å². The molecule has 0 spiro atoms. The van der Waals surface area contributed by atoms with Gasteiger partial charge in [-0.15, -0.1) is 0 Å². The summed E-state index contributed by atoms with van der Waals surface area (Å²) >= 11 is 0. The van der Waals surface area contributed by atoms with Gasteiger partial charge in [0, 0.05) is 38.1 Å². The van der Waals surface area contributed by atoms with Crippen molar-refractivity contribution in [2.75, 3.05) is 26.7 Å². The average molecular weight is 249 g/mol. The zero-order chi connectivity index (χ0) is 13.0. The van der Waals surface area contributed by atoms with Gasteiger partial charge in [-0.3, -0.25) is 14.6 Å². The van der Waals surface area contributed by atoms with Crippen LogP contribution >= 0.6 is 0 Å². The van der Waals surface area contributed by atoms with Crippen molar-refractivity contribution in [3.8, 4) is 0 Å². The third-order valence-electron chi connectivity index (χ3n) is 2.78. The zero-order valence-electron chi connectivity index (χ0n) is 10.1. The van der Waals surface area contributed by atoms with Gasteiger partial charge in [0.1, 0.15) is 6.61 Å². The molecule has 1 aromatic heterocycles. The number of morpholine rings is 1. The average Bonchev–Trinajstić information content (AvgIpc) is 2.41. The molecule has 0 saturated carbocycles. The number of carbonyl (C=O) groups excluding carboxylic acids is 2. The van der Waals surface area contributed by atoms with Crippen molar-refractivity contribution >= 4 is 11.8 Å². The Kier molecular flexibility index (Phi) is 3.88. The van der Waals surface area contributed by atoms with E-state index < -0.39 is 0 Å². The molecule has 6 nitrogen and oxygen atoms in total. The largest absolute Gasteiger partial charge is 0.365 e. The van der Waals surface area contributed by atoms with Crippen molar-refractivity contribution in [1.29, 1.82) is 0 Å². The number of aromatic nitrogens is 1. The van der Waals surface area contributed by atoms with Gasteiger partial charge in [0.25, 0.3) is 5.91 Å². The highest BCUT2D eigenvalue weighted by Gasteiger charge is 2.23. The number of hydrogen-bond donors (Lipinski definition) is 1. The molecule has 1 N–H and O–H groups in total. The number of carbonyl (C=O) groups is 2. The van der Waals surface area contributed by atoms with E-state index in [1.807, 2.05) is 0 Å². The van der Waals surface area contributed by atoms with Crippen molar-refractivity contribution in [2.45, 2.75) is 6.10 Å². The lowest BCUT2D eigenvalue weighted by Gasteiger charge is -2.29. The fourth-order valence-electron chi connectivity index (χ4n) is 1.69. The van der Waals surface area contributed by atoms with Crippen molar-refractivity contribution in [2.24, 2.45) is 0 Å². The maximum absolute atomic E-state index is 11.8. The first-order chi connectivity index (χ1) is 8.66. The number of nitrogens with one attached hydrogen (secondary N) is 1. The number of hydrogen-bond acceptors (Lipinski definition) is 4. The molecule has 18 heavy (non-hydrogen) atoms. The molecule has 1 atom stereocenters. The van der Waals surface area contributed by atoms with Crippen LogP contribution in [0, 0.1) is 0 Å². The van der Waals surface area contributed by atoms with Gasteiger partial charge in [0.15, 0.2) is 0 Å². The summed E-state index contributed by atoms with van der Waals surface area (Å²) in [7, 11) is 1.72. The predicted octanol–water partition coefficient (Wildman–Crippen LogP) is -0.331. The Balaban J connectivity index is 1.82. The summed E-state index contributed by atoms with van der Waals surface area (Å²) in [5.74, 6) is -0.202. The first kappa shape index (κ1) is 12.5. The fourth-order valence-corrected chi connectivity index (χ4v) is 1.69. The molecule has 2 heterocycles. The number of amides is 2. The lowest BCUT2D eigenvalue weighted by Crippen LogP contribution is -2.48. The third-order valence-corrected chi connectivity index (χ3v) is 2.78. The van der Waals surface area contributed by atoms with Gasteiger partial charge in [-0.2, -0.15) is 0 Å². The van der Waals surface area contributed by atoms with E-state index in [1.54, 1.807) is 36.5 Å². The Morgan fingerprint density at radius 2 is 2.28 bits per heavy atom. The number of ether oxygens (including phenoxy) is 1. The standard InChI is InChI=1S/C12H15N3O3/c1-15-7-10(18-8-11(15)16)6-14-12(17)9-2-4-13-5-3-9/h2-5,10H,6-8H2,1H3,(H,14,17). The molecule has 0 aliphatic carbocycles. The minimum Gasteiger partial charge on any atom is -0.365 e. The number of pyridine rings is 1. The molecule has 6 heteroatoms. The van der Waals surface area contributed by atoms with Gasteiger partial charge in [-0.1, -0.05) is 0 Å². The van der Waals surface area contributed by atoms with E-state index in [0.717, 1.165) is 0 Å². The summed E-state index contributed by atoms with van der Waals surface area (Å²) in [4.78, 5) is 28.4. The van der Waals surface area contributed by atoms with Crippen LogP contribution in [0.5, 0.6) is 0 Å². The zero-order valence-corrected chi connectivity index (χ0v) is 10.1. The van der Waals surface area contributed by atoms with Crippen LogP contribution in [0.25, 0.3) is 0 Å². The maximum Gasteiger partial charge on any atom is 0.251 e. The Morgan fingerprint density at radius 1 is 1.56 bits per heavy atom.